The zero-order valence-electron chi connectivity index (χ0n) is 23.2. The van der Waals surface area contributed by atoms with Crippen molar-refractivity contribution in [2.75, 3.05) is 20.3 Å². The van der Waals surface area contributed by atoms with Crippen molar-refractivity contribution < 1.29 is 33.6 Å². The zero-order valence-corrected chi connectivity index (χ0v) is 23.2. The van der Waals surface area contributed by atoms with Crippen LogP contribution in [-0.2, 0) is 27.4 Å². The lowest BCUT2D eigenvalue weighted by Crippen LogP contribution is -2.36. The first kappa shape index (κ1) is 26.9. The van der Waals surface area contributed by atoms with Crippen molar-refractivity contribution in [1.82, 2.24) is 4.90 Å². The molecule has 1 amide bonds. The summed E-state index contributed by atoms with van der Waals surface area (Å²) >= 11 is 0. The summed E-state index contributed by atoms with van der Waals surface area (Å²) in [6.45, 7) is 3.21. The molecule has 3 atom stereocenters. The molecule has 3 aliphatic rings. The minimum atomic E-state index is -0.820. The topological polar surface area (TPSA) is 94.5 Å². The van der Waals surface area contributed by atoms with Gasteiger partial charge in [0, 0.05) is 25.1 Å². The second kappa shape index (κ2) is 11.3. The van der Waals surface area contributed by atoms with Gasteiger partial charge in [-0.25, -0.2) is 0 Å². The summed E-state index contributed by atoms with van der Waals surface area (Å²) in [5, 5.41) is 11.6. The van der Waals surface area contributed by atoms with Gasteiger partial charge in [-0.05, 0) is 66.8 Å². The number of likely N-dealkylation sites (tertiary alicyclic amines) is 1. The molecule has 2 saturated heterocycles. The van der Waals surface area contributed by atoms with Gasteiger partial charge in [0.1, 0.15) is 24.2 Å². The van der Waals surface area contributed by atoms with E-state index in [4.69, 9.17) is 18.9 Å². The fraction of sp³-hybridized carbons (Fsp3) is 0.333. The van der Waals surface area contributed by atoms with Crippen molar-refractivity contribution in [2.24, 2.45) is 0 Å². The Labute approximate surface area is 239 Å². The van der Waals surface area contributed by atoms with Crippen molar-refractivity contribution >= 4 is 17.4 Å². The Balaban J connectivity index is 1.39. The lowest BCUT2D eigenvalue weighted by atomic mass is 9.94. The van der Waals surface area contributed by atoms with Crippen LogP contribution < -0.4 is 14.2 Å². The second-order valence-corrected chi connectivity index (χ2v) is 10.7. The number of nitrogens with zero attached hydrogens (tertiary/aromatic N) is 1. The van der Waals surface area contributed by atoms with Crippen molar-refractivity contribution in [2.45, 2.75) is 51.0 Å². The molecule has 3 heterocycles. The first-order valence-corrected chi connectivity index (χ1v) is 14.0. The zero-order chi connectivity index (χ0) is 28.5. The Morgan fingerprint density at radius 1 is 1.05 bits per heavy atom. The van der Waals surface area contributed by atoms with E-state index in [1.54, 1.807) is 31.4 Å². The molecular formula is C33H33NO7. The summed E-state index contributed by atoms with van der Waals surface area (Å²) in [5.74, 6) is 0.162. The standard InChI is InChI=1S/C33H33NO7/c1-20-15-24-16-23(11-12-26(24)41-20)31(35)29-30(34(33(37)32(29)36)18-25-9-6-14-39-25)22-10-13-27(28(17-22)38-2)40-19-21-7-4-3-5-8-21/h3-5,7-8,10-13,16-17,20,25,30,35H,6,9,14-15,18-19H2,1-2H3/t20-,25-,30-/m0/s1. The lowest BCUT2D eigenvalue weighted by Gasteiger charge is -2.28. The summed E-state index contributed by atoms with van der Waals surface area (Å²) < 4.78 is 23.3. The molecule has 0 unspecified atom stereocenters. The number of benzene rings is 3. The molecule has 3 aliphatic heterocycles. The normalized spacial score (nSPS) is 23.0. The lowest BCUT2D eigenvalue weighted by molar-refractivity contribution is -0.140. The van der Waals surface area contributed by atoms with E-state index in [0.29, 0.717) is 42.3 Å². The number of carbonyl (C=O) groups is 2. The molecule has 0 aliphatic carbocycles. The van der Waals surface area contributed by atoms with Gasteiger partial charge in [-0.2, -0.15) is 0 Å². The van der Waals surface area contributed by atoms with E-state index in [-0.39, 0.29) is 30.1 Å². The highest BCUT2D eigenvalue weighted by molar-refractivity contribution is 6.46. The van der Waals surface area contributed by atoms with E-state index in [0.717, 1.165) is 29.7 Å². The van der Waals surface area contributed by atoms with Gasteiger partial charge in [0.2, 0.25) is 0 Å². The monoisotopic (exact) mass is 555 g/mol. The number of carbonyl (C=O) groups excluding carboxylic acids is 2. The Bertz CT molecular complexity index is 1490. The molecule has 8 nitrogen and oxygen atoms in total. The minimum absolute atomic E-state index is 0.0366. The molecule has 0 spiro atoms. The summed E-state index contributed by atoms with van der Waals surface area (Å²) in [5.41, 5.74) is 3.10. The average Bonchev–Trinajstić information content (AvgIpc) is 3.70. The Kier molecular flexibility index (Phi) is 7.41. The highest BCUT2D eigenvalue weighted by atomic mass is 16.5. The van der Waals surface area contributed by atoms with Crippen LogP contribution in [0.3, 0.4) is 0 Å². The van der Waals surface area contributed by atoms with E-state index >= 15 is 0 Å². The molecule has 212 valence electrons. The SMILES string of the molecule is COc1cc([C@H]2C(=C(O)c3ccc4c(c3)C[C@H](C)O4)C(=O)C(=O)N2C[C@@H]2CCCO2)ccc1OCc1ccccc1. The van der Waals surface area contributed by atoms with Gasteiger partial charge in [0.15, 0.2) is 11.5 Å². The molecule has 2 fully saturated rings. The Hall–Kier alpha value is -4.30. The first-order valence-electron chi connectivity index (χ1n) is 14.0. The third-order valence-corrected chi connectivity index (χ3v) is 7.87. The molecule has 1 N–H and O–H groups in total. The van der Waals surface area contributed by atoms with Crippen LogP contribution >= 0.6 is 0 Å². The van der Waals surface area contributed by atoms with Gasteiger partial charge < -0.3 is 29.0 Å². The average molecular weight is 556 g/mol. The first-order chi connectivity index (χ1) is 19.9. The van der Waals surface area contributed by atoms with Gasteiger partial charge in [-0.15, -0.1) is 0 Å². The van der Waals surface area contributed by atoms with Gasteiger partial charge in [0.05, 0.1) is 24.8 Å². The predicted octanol–water partition coefficient (Wildman–Crippen LogP) is 5.20. The fourth-order valence-electron chi connectivity index (χ4n) is 5.86. The molecule has 0 bridgehead atoms. The maximum Gasteiger partial charge on any atom is 0.295 e. The minimum Gasteiger partial charge on any atom is -0.507 e. The van der Waals surface area contributed by atoms with Crippen LogP contribution in [0.5, 0.6) is 17.2 Å². The van der Waals surface area contributed by atoms with Crippen molar-refractivity contribution in [3.63, 3.8) is 0 Å². The van der Waals surface area contributed by atoms with E-state index in [1.807, 2.05) is 49.4 Å². The van der Waals surface area contributed by atoms with E-state index < -0.39 is 17.7 Å². The number of aliphatic hydroxyl groups is 1. The molecule has 3 aromatic carbocycles. The second-order valence-electron chi connectivity index (χ2n) is 10.7. The van der Waals surface area contributed by atoms with Crippen molar-refractivity contribution in [1.29, 1.82) is 0 Å². The highest BCUT2D eigenvalue weighted by Gasteiger charge is 2.47. The number of methoxy groups -OCH3 is 1. The van der Waals surface area contributed by atoms with Crippen LogP contribution in [0.25, 0.3) is 5.76 Å². The molecular weight excluding hydrogens is 522 g/mol. The van der Waals surface area contributed by atoms with E-state index in [9.17, 15) is 14.7 Å². The number of aliphatic hydroxyl groups excluding tert-OH is 1. The van der Waals surface area contributed by atoms with E-state index in [1.165, 1.54) is 4.90 Å². The maximum absolute atomic E-state index is 13.5. The molecule has 0 aromatic heterocycles. The number of Topliss-reactive ketones (excluding diaryl/α,β-unsaturated/α-hetero) is 1. The molecule has 0 radical (unpaired) electrons. The van der Waals surface area contributed by atoms with Crippen LogP contribution in [0.1, 0.15) is 48.1 Å². The number of ether oxygens (including phenoxy) is 4. The molecule has 41 heavy (non-hydrogen) atoms. The largest absolute Gasteiger partial charge is 0.507 e. The summed E-state index contributed by atoms with van der Waals surface area (Å²) in [4.78, 5) is 28.5. The fourth-order valence-corrected chi connectivity index (χ4v) is 5.86. The van der Waals surface area contributed by atoms with Gasteiger partial charge in [-0.1, -0.05) is 36.4 Å². The van der Waals surface area contributed by atoms with Crippen LogP contribution in [0, 0.1) is 0 Å². The third kappa shape index (κ3) is 5.27. The Morgan fingerprint density at radius 3 is 2.63 bits per heavy atom. The van der Waals surface area contributed by atoms with Gasteiger partial charge in [0.25, 0.3) is 11.7 Å². The number of rotatable bonds is 8. The maximum atomic E-state index is 13.5. The number of hydrogen-bond acceptors (Lipinski definition) is 7. The van der Waals surface area contributed by atoms with Crippen LogP contribution in [0.4, 0.5) is 0 Å². The van der Waals surface area contributed by atoms with Crippen molar-refractivity contribution in [3.05, 3.63) is 94.6 Å². The van der Waals surface area contributed by atoms with Crippen LogP contribution in [0.2, 0.25) is 0 Å². The number of amides is 1. The van der Waals surface area contributed by atoms with Crippen molar-refractivity contribution in [3.8, 4) is 17.2 Å². The van der Waals surface area contributed by atoms with E-state index in [2.05, 4.69) is 0 Å². The molecule has 3 aromatic rings. The molecule has 0 saturated carbocycles. The third-order valence-electron chi connectivity index (χ3n) is 7.87. The molecule has 8 heteroatoms. The van der Waals surface area contributed by atoms with Gasteiger partial charge >= 0.3 is 0 Å². The molecule has 6 rings (SSSR count). The van der Waals surface area contributed by atoms with Crippen LogP contribution in [0.15, 0.2) is 72.3 Å². The summed E-state index contributed by atoms with van der Waals surface area (Å²) in [6, 6.07) is 19.7. The quantitative estimate of drug-likeness (QED) is 0.232. The predicted molar refractivity (Wildman–Crippen MR) is 152 cm³/mol. The van der Waals surface area contributed by atoms with Crippen LogP contribution in [-0.4, -0.2) is 54.2 Å². The summed E-state index contributed by atoms with van der Waals surface area (Å²) in [7, 11) is 1.55. The summed E-state index contributed by atoms with van der Waals surface area (Å²) in [6.07, 6.45) is 2.26. The number of hydrogen-bond donors (Lipinski definition) is 1. The highest BCUT2D eigenvalue weighted by Crippen LogP contribution is 2.43. The number of fused-ring (bicyclic) bond motifs is 1. The number of ketones is 1. The smallest absolute Gasteiger partial charge is 0.295 e. The van der Waals surface area contributed by atoms with Gasteiger partial charge in [-0.3, -0.25) is 9.59 Å². The Morgan fingerprint density at radius 2 is 1.88 bits per heavy atom.